The van der Waals surface area contributed by atoms with Crippen molar-refractivity contribution in [2.24, 2.45) is 0 Å². The second-order valence-electron chi connectivity index (χ2n) is 10.6. The molecular formula is C38H23N3S. The molecule has 3 aromatic heterocycles. The lowest BCUT2D eigenvalue weighted by atomic mass is 10.0. The number of nitrogens with zero attached hydrogens (tertiary/aromatic N) is 3. The largest absolute Gasteiger partial charge is 0.278 e. The number of benzene rings is 6. The molecule has 9 aromatic rings. The maximum absolute atomic E-state index is 5.40. The van der Waals surface area contributed by atoms with Crippen LogP contribution in [0.25, 0.3) is 81.2 Å². The van der Waals surface area contributed by atoms with Gasteiger partial charge < -0.3 is 0 Å². The first-order valence-corrected chi connectivity index (χ1v) is 14.9. The Bertz CT molecular complexity index is 2470. The van der Waals surface area contributed by atoms with E-state index in [9.17, 15) is 0 Å². The van der Waals surface area contributed by atoms with Crippen LogP contribution >= 0.6 is 11.3 Å². The molecular weight excluding hydrogens is 531 g/mol. The van der Waals surface area contributed by atoms with E-state index in [1.807, 2.05) is 11.3 Å². The van der Waals surface area contributed by atoms with Gasteiger partial charge in [0, 0.05) is 41.9 Å². The summed E-state index contributed by atoms with van der Waals surface area (Å²) >= 11 is 1.83. The maximum atomic E-state index is 5.40. The lowest BCUT2D eigenvalue weighted by Gasteiger charge is -2.12. The van der Waals surface area contributed by atoms with Crippen molar-refractivity contribution in [3.63, 3.8) is 0 Å². The van der Waals surface area contributed by atoms with Gasteiger partial charge in [-0.25, -0.2) is 9.97 Å². The lowest BCUT2D eigenvalue weighted by molar-refractivity contribution is 1.01. The molecule has 0 spiro atoms. The van der Waals surface area contributed by atoms with E-state index in [4.69, 9.17) is 9.97 Å². The number of hydrogen-bond acceptors (Lipinski definition) is 3. The van der Waals surface area contributed by atoms with Crippen LogP contribution in [-0.4, -0.2) is 14.5 Å². The first-order valence-electron chi connectivity index (χ1n) is 14.1. The Morgan fingerprint density at radius 3 is 2.10 bits per heavy atom. The minimum Gasteiger partial charge on any atom is -0.278 e. The third-order valence-electron chi connectivity index (χ3n) is 8.23. The highest BCUT2D eigenvalue weighted by Crippen LogP contribution is 2.41. The van der Waals surface area contributed by atoms with Crippen LogP contribution in [0.15, 0.2) is 140 Å². The van der Waals surface area contributed by atoms with E-state index in [0.717, 1.165) is 33.2 Å². The highest BCUT2D eigenvalue weighted by molar-refractivity contribution is 7.26. The average Bonchev–Trinajstić information content (AvgIpc) is 3.60. The van der Waals surface area contributed by atoms with E-state index in [-0.39, 0.29) is 0 Å². The Morgan fingerprint density at radius 2 is 1.19 bits per heavy atom. The lowest BCUT2D eigenvalue weighted by Crippen LogP contribution is -2.03. The monoisotopic (exact) mass is 553 g/mol. The van der Waals surface area contributed by atoms with Crippen LogP contribution in [0.5, 0.6) is 0 Å². The third kappa shape index (κ3) is 3.46. The van der Waals surface area contributed by atoms with Gasteiger partial charge in [0.05, 0.1) is 22.2 Å². The van der Waals surface area contributed by atoms with Crippen molar-refractivity contribution in [2.45, 2.75) is 0 Å². The first-order chi connectivity index (χ1) is 20.8. The van der Waals surface area contributed by atoms with E-state index in [0.29, 0.717) is 5.95 Å². The molecule has 0 aliphatic carbocycles. The van der Waals surface area contributed by atoms with Gasteiger partial charge in [0.15, 0.2) is 0 Å². The first kappa shape index (κ1) is 23.4. The summed E-state index contributed by atoms with van der Waals surface area (Å²) in [4.78, 5) is 10.6. The predicted octanol–water partition coefficient (Wildman–Crippen LogP) is 10.4. The van der Waals surface area contributed by atoms with Gasteiger partial charge in [-0.1, -0.05) is 115 Å². The molecule has 4 heteroatoms. The van der Waals surface area contributed by atoms with Gasteiger partial charge in [-0.15, -0.1) is 11.3 Å². The van der Waals surface area contributed by atoms with Crippen molar-refractivity contribution in [2.75, 3.05) is 0 Å². The summed E-state index contributed by atoms with van der Waals surface area (Å²) in [7, 11) is 0. The Labute approximate surface area is 246 Å². The number of rotatable bonds is 3. The van der Waals surface area contributed by atoms with Crippen molar-refractivity contribution in [1.82, 2.24) is 14.5 Å². The molecule has 0 fully saturated rings. The fourth-order valence-corrected chi connectivity index (χ4v) is 7.52. The molecule has 0 saturated heterocycles. The number of thiophene rings is 1. The summed E-state index contributed by atoms with van der Waals surface area (Å²) in [5, 5.41) is 5.99. The molecule has 0 amide bonds. The topological polar surface area (TPSA) is 30.7 Å². The number of para-hydroxylation sites is 2. The van der Waals surface area contributed by atoms with Crippen molar-refractivity contribution in [3.8, 4) is 28.3 Å². The molecule has 6 aromatic carbocycles. The minimum atomic E-state index is 0.679. The number of hydrogen-bond donors (Lipinski definition) is 0. The average molecular weight is 554 g/mol. The van der Waals surface area contributed by atoms with Crippen LogP contribution in [0.4, 0.5) is 0 Å². The van der Waals surface area contributed by atoms with Crippen molar-refractivity contribution in [1.29, 1.82) is 0 Å². The normalized spacial score (nSPS) is 11.8. The summed E-state index contributed by atoms with van der Waals surface area (Å²) in [5.41, 5.74) is 7.58. The second-order valence-corrected chi connectivity index (χ2v) is 11.7. The van der Waals surface area contributed by atoms with Crippen LogP contribution in [0, 0.1) is 0 Å². The zero-order valence-corrected chi connectivity index (χ0v) is 23.3. The molecule has 0 atom stereocenters. The quantitative estimate of drug-likeness (QED) is 0.218. The van der Waals surface area contributed by atoms with Gasteiger partial charge in [-0.3, -0.25) is 4.57 Å². The van der Waals surface area contributed by atoms with Gasteiger partial charge in [0.25, 0.3) is 0 Å². The molecule has 0 aliphatic heterocycles. The fraction of sp³-hybridized carbons (Fsp3) is 0. The van der Waals surface area contributed by atoms with E-state index in [1.165, 1.54) is 42.1 Å². The number of fused-ring (bicyclic) bond motifs is 7. The molecule has 0 saturated carbocycles. The Morgan fingerprint density at radius 1 is 0.476 bits per heavy atom. The zero-order valence-electron chi connectivity index (χ0n) is 22.5. The molecule has 9 rings (SSSR count). The van der Waals surface area contributed by atoms with E-state index in [2.05, 4.69) is 144 Å². The summed E-state index contributed by atoms with van der Waals surface area (Å²) in [6.45, 7) is 0. The van der Waals surface area contributed by atoms with Crippen molar-refractivity contribution >= 4 is 64.2 Å². The van der Waals surface area contributed by atoms with Gasteiger partial charge in [0.2, 0.25) is 5.95 Å². The maximum Gasteiger partial charge on any atom is 0.235 e. The molecule has 3 heterocycles. The van der Waals surface area contributed by atoms with Gasteiger partial charge in [0.1, 0.15) is 0 Å². The van der Waals surface area contributed by atoms with Crippen molar-refractivity contribution in [3.05, 3.63) is 140 Å². The highest BCUT2D eigenvalue weighted by atomic mass is 32.1. The Kier molecular flexibility index (Phi) is 5.07. The summed E-state index contributed by atoms with van der Waals surface area (Å²) in [5.74, 6) is 0.679. The molecule has 0 bridgehead atoms. The summed E-state index contributed by atoms with van der Waals surface area (Å²) in [6, 6.07) is 49.4. The predicted molar refractivity (Wildman–Crippen MR) is 178 cm³/mol. The highest BCUT2D eigenvalue weighted by Gasteiger charge is 2.19. The fourth-order valence-electron chi connectivity index (χ4n) is 6.30. The Balaban J connectivity index is 1.38. The van der Waals surface area contributed by atoms with Gasteiger partial charge in [-0.2, -0.15) is 0 Å². The standard InChI is InChI=1S/C38H23N3S/c1-2-11-24(12-3-1)25-21-22-27-26-13-5-8-19-33(26)41(34(27)23-25)38-39-32-18-7-4-15-30(32)36(40-38)31-17-10-16-29-28-14-6-9-20-35(28)42-37(29)31/h1-23H. The minimum absolute atomic E-state index is 0.679. The van der Waals surface area contributed by atoms with Crippen LogP contribution < -0.4 is 0 Å². The molecule has 42 heavy (non-hydrogen) atoms. The van der Waals surface area contributed by atoms with Crippen LogP contribution in [0.3, 0.4) is 0 Å². The van der Waals surface area contributed by atoms with E-state index < -0.39 is 0 Å². The third-order valence-corrected chi connectivity index (χ3v) is 9.45. The molecule has 0 N–H and O–H groups in total. The smallest absolute Gasteiger partial charge is 0.235 e. The van der Waals surface area contributed by atoms with E-state index >= 15 is 0 Å². The van der Waals surface area contributed by atoms with E-state index in [1.54, 1.807) is 0 Å². The number of aromatic nitrogens is 3. The van der Waals surface area contributed by atoms with Crippen LogP contribution in [-0.2, 0) is 0 Å². The summed E-state index contributed by atoms with van der Waals surface area (Å²) in [6.07, 6.45) is 0. The van der Waals surface area contributed by atoms with Crippen LogP contribution in [0.2, 0.25) is 0 Å². The zero-order chi connectivity index (χ0) is 27.6. The van der Waals surface area contributed by atoms with Gasteiger partial charge >= 0.3 is 0 Å². The molecule has 196 valence electrons. The summed E-state index contributed by atoms with van der Waals surface area (Å²) < 4.78 is 4.77. The second kappa shape index (κ2) is 9.10. The Hall–Kier alpha value is -5.32. The van der Waals surface area contributed by atoms with Gasteiger partial charge in [-0.05, 0) is 35.4 Å². The van der Waals surface area contributed by atoms with Crippen LogP contribution in [0.1, 0.15) is 0 Å². The molecule has 0 unspecified atom stereocenters. The molecule has 3 nitrogen and oxygen atoms in total. The van der Waals surface area contributed by atoms with Crippen molar-refractivity contribution < 1.29 is 0 Å². The molecule has 0 aliphatic rings. The SMILES string of the molecule is c1ccc(-c2ccc3c4ccccc4n(-c4nc(-c5cccc6c5sc5ccccc56)c5ccccc5n4)c3c2)cc1. The molecule has 0 radical (unpaired) electrons.